The Balaban J connectivity index is 1.75. The van der Waals surface area contributed by atoms with E-state index in [1.165, 1.54) is 35.6 Å². The van der Waals surface area contributed by atoms with Crippen LogP contribution >= 0.6 is 11.3 Å². The van der Waals surface area contributed by atoms with Gasteiger partial charge in [0.15, 0.2) is 5.13 Å². The van der Waals surface area contributed by atoms with E-state index in [1.54, 1.807) is 6.20 Å². The first-order valence-corrected chi connectivity index (χ1v) is 7.12. The number of hydrogen-bond donors (Lipinski definition) is 1. The van der Waals surface area contributed by atoms with E-state index in [9.17, 15) is 9.18 Å². The first-order valence-electron chi connectivity index (χ1n) is 6.30. The molecular weight excluding hydrogens is 287 g/mol. The van der Waals surface area contributed by atoms with Crippen LogP contribution in [0.2, 0.25) is 0 Å². The van der Waals surface area contributed by atoms with Gasteiger partial charge in [0.2, 0.25) is 0 Å². The summed E-state index contributed by atoms with van der Waals surface area (Å²) in [5.41, 5.74) is 1.45. The lowest BCUT2D eigenvalue weighted by Crippen LogP contribution is -2.11. The molecule has 3 rings (SSSR count). The second kappa shape index (κ2) is 5.85. The standard InChI is InChI=1S/C16H11FN2OS/c17-13-8-6-12(7-9-13)15(20)19-16-18-10-14(21-16)11-4-2-1-3-5-11/h1-10H,(H,18,19,20). The number of anilines is 1. The van der Waals surface area contributed by atoms with Gasteiger partial charge in [0, 0.05) is 11.8 Å². The van der Waals surface area contributed by atoms with Gasteiger partial charge in [-0.1, -0.05) is 41.7 Å². The Bertz CT molecular complexity index is 753. The number of carbonyl (C=O) groups excluding carboxylic acids is 1. The summed E-state index contributed by atoms with van der Waals surface area (Å²) >= 11 is 1.39. The zero-order chi connectivity index (χ0) is 14.7. The van der Waals surface area contributed by atoms with E-state index < -0.39 is 0 Å². The SMILES string of the molecule is O=C(Nc1ncc(-c2ccccc2)s1)c1ccc(F)cc1. The van der Waals surface area contributed by atoms with E-state index in [4.69, 9.17) is 0 Å². The van der Waals surface area contributed by atoms with Crippen LogP contribution in [0.25, 0.3) is 10.4 Å². The maximum Gasteiger partial charge on any atom is 0.257 e. The molecule has 0 aliphatic rings. The van der Waals surface area contributed by atoms with E-state index in [2.05, 4.69) is 10.3 Å². The number of nitrogens with one attached hydrogen (secondary N) is 1. The minimum atomic E-state index is -0.368. The lowest BCUT2D eigenvalue weighted by atomic mass is 10.2. The second-order valence-electron chi connectivity index (χ2n) is 4.36. The number of thiazole rings is 1. The molecule has 2 aromatic carbocycles. The van der Waals surface area contributed by atoms with Gasteiger partial charge in [-0.25, -0.2) is 9.37 Å². The minimum absolute atomic E-state index is 0.302. The zero-order valence-corrected chi connectivity index (χ0v) is 11.7. The summed E-state index contributed by atoms with van der Waals surface area (Å²) in [6.45, 7) is 0. The van der Waals surface area contributed by atoms with Crippen molar-refractivity contribution < 1.29 is 9.18 Å². The molecule has 1 N–H and O–H groups in total. The highest BCUT2D eigenvalue weighted by molar-refractivity contribution is 7.19. The predicted molar refractivity (Wildman–Crippen MR) is 81.9 cm³/mol. The smallest absolute Gasteiger partial charge is 0.257 e. The van der Waals surface area contributed by atoms with Gasteiger partial charge in [-0.05, 0) is 29.8 Å². The van der Waals surface area contributed by atoms with Gasteiger partial charge in [-0.2, -0.15) is 0 Å². The lowest BCUT2D eigenvalue weighted by Gasteiger charge is -2.01. The van der Waals surface area contributed by atoms with Crippen LogP contribution in [0.4, 0.5) is 9.52 Å². The third-order valence-corrected chi connectivity index (χ3v) is 3.85. The molecule has 0 aliphatic heterocycles. The maximum atomic E-state index is 12.8. The first-order chi connectivity index (χ1) is 10.2. The highest BCUT2D eigenvalue weighted by Gasteiger charge is 2.09. The van der Waals surface area contributed by atoms with Crippen LogP contribution in [-0.4, -0.2) is 10.9 Å². The van der Waals surface area contributed by atoms with Crippen molar-refractivity contribution in [1.82, 2.24) is 4.98 Å². The number of hydrogen-bond acceptors (Lipinski definition) is 3. The van der Waals surface area contributed by atoms with Crippen molar-refractivity contribution >= 4 is 22.4 Å². The second-order valence-corrected chi connectivity index (χ2v) is 5.39. The molecule has 3 nitrogen and oxygen atoms in total. The molecule has 0 unspecified atom stereocenters. The molecular formula is C16H11FN2OS. The number of halogens is 1. The number of aromatic nitrogens is 1. The zero-order valence-electron chi connectivity index (χ0n) is 10.9. The van der Waals surface area contributed by atoms with E-state index in [1.807, 2.05) is 30.3 Å². The van der Waals surface area contributed by atoms with E-state index >= 15 is 0 Å². The van der Waals surface area contributed by atoms with Crippen molar-refractivity contribution in [2.45, 2.75) is 0 Å². The molecule has 0 radical (unpaired) electrons. The van der Waals surface area contributed by atoms with Crippen molar-refractivity contribution in [3.8, 4) is 10.4 Å². The van der Waals surface area contributed by atoms with E-state index in [-0.39, 0.29) is 11.7 Å². The average Bonchev–Trinajstić information content (AvgIpc) is 2.97. The highest BCUT2D eigenvalue weighted by atomic mass is 32.1. The Kier molecular flexibility index (Phi) is 3.75. The molecule has 0 aliphatic carbocycles. The molecule has 0 bridgehead atoms. The van der Waals surface area contributed by atoms with Crippen LogP contribution in [0.5, 0.6) is 0 Å². The van der Waals surface area contributed by atoms with Crippen LogP contribution in [0.15, 0.2) is 60.8 Å². The summed E-state index contributed by atoms with van der Waals surface area (Å²) in [5, 5.41) is 3.23. The van der Waals surface area contributed by atoms with Crippen molar-refractivity contribution in [2.75, 3.05) is 5.32 Å². The fourth-order valence-electron chi connectivity index (χ4n) is 1.84. The van der Waals surface area contributed by atoms with E-state index in [0.717, 1.165) is 10.4 Å². The number of carbonyl (C=O) groups is 1. The number of benzene rings is 2. The Morgan fingerprint density at radius 2 is 1.76 bits per heavy atom. The van der Waals surface area contributed by atoms with Crippen LogP contribution in [-0.2, 0) is 0 Å². The third-order valence-electron chi connectivity index (χ3n) is 2.89. The molecule has 0 atom stereocenters. The number of amides is 1. The van der Waals surface area contributed by atoms with Gasteiger partial charge >= 0.3 is 0 Å². The van der Waals surface area contributed by atoms with Gasteiger partial charge in [0.1, 0.15) is 5.82 Å². The molecule has 0 fully saturated rings. The van der Waals surface area contributed by atoms with Crippen molar-refractivity contribution in [2.24, 2.45) is 0 Å². The number of rotatable bonds is 3. The Labute approximate surface area is 125 Å². The fourth-order valence-corrected chi connectivity index (χ4v) is 2.66. The first kappa shape index (κ1) is 13.5. The Morgan fingerprint density at radius 1 is 1.05 bits per heavy atom. The van der Waals surface area contributed by atoms with Crippen molar-refractivity contribution in [3.63, 3.8) is 0 Å². The van der Waals surface area contributed by atoms with Gasteiger partial charge < -0.3 is 0 Å². The summed E-state index contributed by atoms with van der Waals surface area (Å²) in [7, 11) is 0. The van der Waals surface area contributed by atoms with Gasteiger partial charge in [-0.3, -0.25) is 10.1 Å². The molecule has 0 spiro atoms. The summed E-state index contributed by atoms with van der Waals surface area (Å²) in [6.07, 6.45) is 1.72. The summed E-state index contributed by atoms with van der Waals surface area (Å²) in [5.74, 6) is -0.670. The molecule has 1 heterocycles. The fraction of sp³-hybridized carbons (Fsp3) is 0. The predicted octanol–water partition coefficient (Wildman–Crippen LogP) is 4.20. The van der Waals surface area contributed by atoms with Crippen LogP contribution in [0.3, 0.4) is 0 Å². The van der Waals surface area contributed by atoms with Gasteiger partial charge in [-0.15, -0.1) is 0 Å². The molecule has 0 saturated carbocycles. The minimum Gasteiger partial charge on any atom is -0.298 e. The van der Waals surface area contributed by atoms with Crippen LogP contribution in [0.1, 0.15) is 10.4 Å². The molecule has 1 amide bonds. The van der Waals surface area contributed by atoms with Gasteiger partial charge in [0.05, 0.1) is 4.88 Å². The van der Waals surface area contributed by atoms with Crippen molar-refractivity contribution in [1.29, 1.82) is 0 Å². The maximum absolute atomic E-state index is 12.8. The molecule has 21 heavy (non-hydrogen) atoms. The molecule has 0 saturated heterocycles. The monoisotopic (exact) mass is 298 g/mol. The van der Waals surface area contributed by atoms with Crippen molar-refractivity contribution in [3.05, 3.63) is 72.2 Å². The quantitative estimate of drug-likeness (QED) is 0.787. The summed E-state index contributed by atoms with van der Waals surface area (Å²) < 4.78 is 12.8. The van der Waals surface area contributed by atoms with Crippen LogP contribution < -0.4 is 5.32 Å². The normalized spacial score (nSPS) is 10.3. The molecule has 104 valence electrons. The third kappa shape index (κ3) is 3.14. The molecule has 5 heteroatoms. The largest absolute Gasteiger partial charge is 0.298 e. The average molecular weight is 298 g/mol. The van der Waals surface area contributed by atoms with Gasteiger partial charge in [0.25, 0.3) is 5.91 Å². The lowest BCUT2D eigenvalue weighted by molar-refractivity contribution is 0.102. The topological polar surface area (TPSA) is 42.0 Å². The molecule has 3 aromatic rings. The highest BCUT2D eigenvalue weighted by Crippen LogP contribution is 2.28. The Morgan fingerprint density at radius 3 is 2.48 bits per heavy atom. The molecule has 1 aromatic heterocycles. The van der Waals surface area contributed by atoms with E-state index in [0.29, 0.717) is 10.7 Å². The summed E-state index contributed by atoms with van der Waals surface area (Å²) in [4.78, 5) is 17.2. The number of nitrogens with zero attached hydrogens (tertiary/aromatic N) is 1. The Hall–Kier alpha value is -2.53. The van der Waals surface area contributed by atoms with Crippen LogP contribution in [0, 0.1) is 5.82 Å². The summed E-state index contributed by atoms with van der Waals surface area (Å²) in [6, 6.07) is 15.2.